The molecule has 2 aliphatic heterocycles. The van der Waals surface area contributed by atoms with Crippen molar-refractivity contribution in [3.8, 4) is 11.6 Å². The smallest absolute Gasteiger partial charge is 0.353 e. The maximum atomic E-state index is 14.9. The average molecular weight is 426 g/mol. The number of halogens is 1. The molecule has 0 spiro atoms. The predicted molar refractivity (Wildman–Crippen MR) is 101 cm³/mol. The Morgan fingerprint density at radius 1 is 1.32 bits per heavy atom. The molecule has 28 heavy (non-hydrogen) atoms. The Bertz CT molecular complexity index is 895. The lowest BCUT2D eigenvalue weighted by Gasteiger charge is -2.21. The molecule has 4 rings (SSSR count). The zero-order chi connectivity index (χ0) is 19.7. The molecule has 2 aliphatic rings. The van der Waals surface area contributed by atoms with Crippen LogP contribution in [0.15, 0.2) is 35.3 Å². The molecule has 3 heterocycles. The van der Waals surface area contributed by atoms with E-state index in [1.54, 1.807) is 0 Å². The number of aromatic nitrogens is 2. The van der Waals surface area contributed by atoms with Crippen LogP contribution in [0.2, 0.25) is 0 Å². The van der Waals surface area contributed by atoms with Gasteiger partial charge in [0.05, 0.1) is 6.61 Å². The van der Waals surface area contributed by atoms with Crippen LogP contribution < -0.4 is 10.4 Å². The Morgan fingerprint density at radius 3 is 2.86 bits per heavy atom. The highest BCUT2D eigenvalue weighted by molar-refractivity contribution is 7.90. The first kappa shape index (κ1) is 19.5. The van der Waals surface area contributed by atoms with E-state index in [4.69, 9.17) is 22.0 Å². The van der Waals surface area contributed by atoms with Gasteiger partial charge >= 0.3 is 15.7 Å². The molecule has 0 bridgehead atoms. The van der Waals surface area contributed by atoms with Gasteiger partial charge < -0.3 is 17.8 Å². The summed E-state index contributed by atoms with van der Waals surface area (Å²) in [4.78, 5) is 16.4. The van der Waals surface area contributed by atoms with Gasteiger partial charge in [-0.2, -0.15) is 4.98 Å². The second kappa shape index (κ2) is 8.31. The lowest BCUT2D eigenvalue weighted by molar-refractivity contribution is -0.0431. The predicted octanol–water partition coefficient (Wildman–Crippen LogP) is 1.88. The molecule has 0 saturated carbocycles. The van der Waals surface area contributed by atoms with Gasteiger partial charge in [0, 0.05) is 12.3 Å². The van der Waals surface area contributed by atoms with Crippen LogP contribution in [0.1, 0.15) is 17.4 Å². The highest BCUT2D eigenvalue weighted by Gasteiger charge is 2.48. The maximum absolute atomic E-state index is 14.9. The second-order valence-corrected chi connectivity index (χ2v) is 8.39. The van der Waals surface area contributed by atoms with Gasteiger partial charge in [0.25, 0.3) is 0 Å². The third-order valence-electron chi connectivity index (χ3n) is 4.60. The van der Waals surface area contributed by atoms with E-state index in [1.807, 2.05) is 32.0 Å². The fourth-order valence-electron chi connectivity index (χ4n) is 3.22. The van der Waals surface area contributed by atoms with E-state index in [0.29, 0.717) is 5.75 Å². The van der Waals surface area contributed by atoms with E-state index in [1.165, 1.54) is 12.3 Å². The van der Waals surface area contributed by atoms with Crippen molar-refractivity contribution in [2.24, 2.45) is 0 Å². The van der Waals surface area contributed by atoms with Crippen molar-refractivity contribution < 1.29 is 26.3 Å². The van der Waals surface area contributed by atoms with Crippen molar-refractivity contribution in [1.29, 1.82) is 0 Å². The van der Waals surface area contributed by atoms with Gasteiger partial charge in [-0.25, -0.2) is 9.18 Å². The molecule has 8 nitrogen and oxygen atoms in total. The zero-order valence-corrected chi connectivity index (χ0v) is 17.5. The summed E-state index contributed by atoms with van der Waals surface area (Å²) in [5.74, 6) is 0.772. The molecule has 0 amide bonds. The first-order valence-electron chi connectivity index (χ1n) is 8.70. The standard InChI is InChI=1S/C17H19FN2O6SSi/c1-9-4-3-5-10(2)14(9)24-12-6-7-20(17(21)19-12)16-13(18)15-11(23-16)8-22-27-26-28-25-15/h3-7,11,13,15-16H,8,28H2,1-2H3/t11-,13?,15?,16-/m1/s1. The van der Waals surface area contributed by atoms with Crippen molar-refractivity contribution in [3.05, 3.63) is 52.1 Å². The number of fused-ring (bicyclic) bond motifs is 1. The minimum absolute atomic E-state index is 0.0938. The normalized spacial score (nSPS) is 28.5. The summed E-state index contributed by atoms with van der Waals surface area (Å²) in [6.07, 6.45) is -2.74. The van der Waals surface area contributed by atoms with Gasteiger partial charge in [-0.1, -0.05) is 18.2 Å². The SMILES string of the molecule is Cc1cccc(C)c1Oc1ccn([C@@H]2O[C@@H]3COSO[SiH2]OC3C2F)c(=O)n1. The third kappa shape index (κ3) is 3.86. The van der Waals surface area contributed by atoms with Crippen LogP contribution in [0.4, 0.5) is 4.39 Å². The van der Waals surface area contributed by atoms with Gasteiger partial charge in [0.15, 0.2) is 12.4 Å². The summed E-state index contributed by atoms with van der Waals surface area (Å²) in [5, 5.41) is 0. The second-order valence-electron chi connectivity index (χ2n) is 6.51. The number of hydrogen-bond acceptors (Lipinski definition) is 8. The number of benzene rings is 1. The topological polar surface area (TPSA) is 81.0 Å². The number of hydrogen-bond donors (Lipinski definition) is 0. The fraction of sp³-hybridized carbons (Fsp3) is 0.412. The van der Waals surface area contributed by atoms with Crippen LogP contribution >= 0.6 is 12.3 Å². The molecule has 2 aromatic rings. The average Bonchev–Trinajstić information content (AvgIpc) is 2.93. The van der Waals surface area contributed by atoms with Gasteiger partial charge in [-0.15, -0.1) is 0 Å². The van der Waals surface area contributed by atoms with Crippen LogP contribution in [0.3, 0.4) is 0 Å². The first-order valence-corrected chi connectivity index (χ1v) is 10.5. The molecular formula is C17H19FN2O6SSi. The first-order chi connectivity index (χ1) is 13.5. The van der Waals surface area contributed by atoms with Crippen molar-refractivity contribution in [2.45, 2.75) is 38.5 Å². The lowest BCUT2D eigenvalue weighted by Crippen LogP contribution is -2.37. The van der Waals surface area contributed by atoms with Gasteiger partial charge in [0.2, 0.25) is 5.88 Å². The van der Waals surface area contributed by atoms with Crippen molar-refractivity contribution in [1.82, 2.24) is 9.55 Å². The molecule has 0 aliphatic carbocycles. The van der Waals surface area contributed by atoms with Crippen LogP contribution in [-0.4, -0.2) is 44.5 Å². The zero-order valence-electron chi connectivity index (χ0n) is 15.2. The minimum Gasteiger partial charge on any atom is -0.438 e. The number of rotatable bonds is 3. The molecule has 150 valence electrons. The Labute approximate surface area is 167 Å². The van der Waals surface area contributed by atoms with Gasteiger partial charge in [0.1, 0.15) is 30.3 Å². The van der Waals surface area contributed by atoms with Crippen LogP contribution in [0.25, 0.3) is 0 Å². The van der Waals surface area contributed by atoms with E-state index in [2.05, 4.69) is 4.98 Å². The van der Waals surface area contributed by atoms with Crippen molar-refractivity contribution >= 4 is 22.3 Å². The summed E-state index contributed by atoms with van der Waals surface area (Å²) in [7, 11) is -1.40. The Balaban J connectivity index is 1.56. The largest absolute Gasteiger partial charge is 0.438 e. The molecule has 2 fully saturated rings. The molecule has 4 atom stereocenters. The summed E-state index contributed by atoms with van der Waals surface area (Å²) in [6, 6.07) is 7.24. The van der Waals surface area contributed by atoms with Crippen LogP contribution in [-0.2, 0) is 17.2 Å². The fourth-order valence-corrected chi connectivity index (χ4v) is 4.62. The van der Waals surface area contributed by atoms with E-state index >= 15 is 0 Å². The number of para-hydroxylation sites is 1. The summed E-state index contributed by atoms with van der Waals surface area (Å²) in [6.45, 7) is 3.91. The molecular weight excluding hydrogens is 407 g/mol. The molecule has 2 unspecified atom stereocenters. The molecule has 1 aromatic carbocycles. The number of ether oxygens (including phenoxy) is 2. The van der Waals surface area contributed by atoms with Gasteiger partial charge in [-0.05, 0) is 25.0 Å². The molecule has 0 radical (unpaired) electrons. The highest BCUT2D eigenvalue weighted by Crippen LogP contribution is 2.35. The maximum Gasteiger partial charge on any atom is 0.353 e. The summed E-state index contributed by atoms with van der Waals surface area (Å²) < 4.78 is 43.2. The number of aryl methyl sites for hydroxylation is 2. The van der Waals surface area contributed by atoms with E-state index in [9.17, 15) is 9.18 Å². The highest BCUT2D eigenvalue weighted by atomic mass is 32.2. The van der Waals surface area contributed by atoms with Gasteiger partial charge in [-0.3, -0.25) is 8.75 Å². The molecule has 1 aromatic heterocycles. The Hall–Kier alpha value is -1.76. The number of alkyl halides is 1. The van der Waals surface area contributed by atoms with E-state index < -0.39 is 40.3 Å². The summed E-state index contributed by atoms with van der Waals surface area (Å²) >= 11 is 0.821. The number of nitrogens with zero attached hydrogens (tertiary/aromatic N) is 2. The molecule has 11 heteroatoms. The van der Waals surface area contributed by atoms with Crippen molar-refractivity contribution in [3.63, 3.8) is 0 Å². The Kier molecular flexibility index (Phi) is 5.80. The van der Waals surface area contributed by atoms with Crippen LogP contribution in [0.5, 0.6) is 11.6 Å². The minimum atomic E-state index is -1.54. The summed E-state index contributed by atoms with van der Waals surface area (Å²) in [5.41, 5.74) is 1.17. The third-order valence-corrected chi connectivity index (χ3v) is 6.12. The van der Waals surface area contributed by atoms with E-state index in [0.717, 1.165) is 28.0 Å². The quantitative estimate of drug-likeness (QED) is 0.544. The van der Waals surface area contributed by atoms with Crippen LogP contribution in [0, 0.1) is 13.8 Å². The monoisotopic (exact) mass is 426 g/mol. The lowest BCUT2D eigenvalue weighted by atomic mass is 10.1. The van der Waals surface area contributed by atoms with E-state index in [-0.39, 0.29) is 12.5 Å². The van der Waals surface area contributed by atoms with Crippen molar-refractivity contribution in [2.75, 3.05) is 6.61 Å². The molecule has 0 N–H and O–H groups in total. The molecule has 2 saturated heterocycles. The Morgan fingerprint density at radius 2 is 2.11 bits per heavy atom.